The summed E-state index contributed by atoms with van der Waals surface area (Å²) in [5.41, 5.74) is 0.715. The molecule has 0 aliphatic carbocycles. The van der Waals surface area contributed by atoms with Crippen molar-refractivity contribution in [3.8, 4) is 0 Å². The Labute approximate surface area is 110 Å². The highest BCUT2D eigenvalue weighted by Gasteiger charge is 2.05. The van der Waals surface area contributed by atoms with E-state index in [-0.39, 0.29) is 5.91 Å². The fourth-order valence-corrected chi connectivity index (χ4v) is 1.69. The van der Waals surface area contributed by atoms with Gasteiger partial charge in [0.25, 0.3) is 5.91 Å². The zero-order valence-electron chi connectivity index (χ0n) is 9.66. The maximum atomic E-state index is 11.8. The van der Waals surface area contributed by atoms with Gasteiger partial charge in [0, 0.05) is 9.13 Å². The third kappa shape index (κ3) is 4.09. The maximum absolute atomic E-state index is 11.8. The minimum Gasteiger partial charge on any atom is -0.339 e. The van der Waals surface area contributed by atoms with Crippen LogP contribution in [0.4, 0.5) is 0 Å². The van der Waals surface area contributed by atoms with Gasteiger partial charge in [0.15, 0.2) is 0 Å². The van der Waals surface area contributed by atoms with E-state index in [9.17, 15) is 4.79 Å². The molecule has 0 bridgehead atoms. The summed E-state index contributed by atoms with van der Waals surface area (Å²) in [7, 11) is 0. The van der Waals surface area contributed by atoms with Crippen molar-refractivity contribution in [3.63, 3.8) is 0 Å². The summed E-state index contributed by atoms with van der Waals surface area (Å²) >= 11 is 2.22. The fourth-order valence-electron chi connectivity index (χ4n) is 1.33. The van der Waals surface area contributed by atoms with Crippen molar-refractivity contribution in [3.05, 3.63) is 33.4 Å². The van der Waals surface area contributed by atoms with Crippen LogP contribution in [-0.2, 0) is 0 Å². The first-order chi connectivity index (χ1) is 7.67. The van der Waals surface area contributed by atoms with Crippen LogP contribution in [0.5, 0.6) is 0 Å². The minimum atomic E-state index is -0.0108. The Kier molecular flexibility index (Phi) is 5.76. The molecule has 0 aromatic heterocycles. The van der Waals surface area contributed by atoms with Crippen LogP contribution < -0.4 is 5.32 Å². The van der Waals surface area contributed by atoms with Crippen molar-refractivity contribution in [1.29, 1.82) is 0 Å². The van der Waals surface area contributed by atoms with E-state index >= 15 is 0 Å². The van der Waals surface area contributed by atoms with Crippen molar-refractivity contribution in [2.75, 3.05) is 19.8 Å². The molecule has 1 rings (SSSR count). The van der Waals surface area contributed by atoms with Gasteiger partial charge in [-0.25, -0.2) is 0 Å². The normalized spacial score (nSPS) is 10.5. The van der Waals surface area contributed by atoms with Crippen LogP contribution in [-0.4, -0.2) is 30.6 Å². The number of halogens is 1. The van der Waals surface area contributed by atoms with Gasteiger partial charge >= 0.3 is 0 Å². The summed E-state index contributed by atoms with van der Waals surface area (Å²) < 4.78 is 1.14. The monoisotopic (exact) mass is 328 g/mol. The van der Waals surface area contributed by atoms with Gasteiger partial charge in [0.1, 0.15) is 0 Å². The van der Waals surface area contributed by atoms with Crippen LogP contribution in [0.3, 0.4) is 0 Å². The molecule has 1 aromatic carbocycles. The Morgan fingerprint density at radius 2 is 1.81 bits per heavy atom. The molecule has 0 aliphatic heterocycles. The van der Waals surface area contributed by atoms with E-state index in [2.05, 4.69) is 46.7 Å². The number of hydrogen-bond acceptors (Lipinski definition) is 2. The number of benzene rings is 1. The highest BCUT2D eigenvalue weighted by atomic mass is 123. The number of carbonyl (C=O) groups is 1. The summed E-state index contributed by atoms with van der Waals surface area (Å²) in [5.74, 6) is -0.0108. The number of hydrogen-bond donors (Lipinski definition) is 1. The van der Waals surface area contributed by atoms with E-state index in [0.29, 0.717) is 12.2 Å². The summed E-state index contributed by atoms with van der Waals surface area (Å²) in [6.45, 7) is 6.67. The Balaban J connectivity index is 2.49. The Bertz CT molecular complexity index is 333. The Hall–Kier alpha value is -0.620. The van der Waals surface area contributed by atoms with E-state index in [4.69, 9.17) is 0 Å². The highest BCUT2D eigenvalue weighted by molar-refractivity contribution is 14.1. The topological polar surface area (TPSA) is 32.3 Å². The number of nitrogens with one attached hydrogen (secondary N) is 1. The molecule has 0 saturated carbocycles. The molecule has 1 N–H and O–H groups in total. The first-order valence-corrected chi connectivity index (χ1v) is 6.51. The Morgan fingerprint density at radius 1 is 1.25 bits per heavy atom. The predicted octanol–water partition coefficient (Wildman–Crippen LogP) is 2.32. The van der Waals surface area contributed by atoms with Crippen molar-refractivity contribution in [2.45, 2.75) is 13.8 Å². The maximum Gasteiger partial charge on any atom is 0.252 e. The van der Waals surface area contributed by atoms with E-state index in [1.807, 2.05) is 24.3 Å². The first kappa shape index (κ1) is 13.4. The molecule has 16 heavy (non-hydrogen) atoms. The molecule has 0 radical (unpaired) electrons. The van der Waals surface area contributed by atoms with Crippen LogP contribution in [0.15, 0.2) is 24.3 Å². The van der Waals surface area contributed by atoms with Crippen molar-refractivity contribution in [1.82, 2.24) is 10.2 Å². The fraction of sp³-hybridized carbons (Fsp3) is 0.417. The van der Waals surface area contributed by atoms with Crippen LogP contribution in [0.2, 0.25) is 0 Å². The molecule has 0 unspecified atom stereocenters. The van der Waals surface area contributed by atoms with Crippen molar-refractivity contribution in [2.24, 2.45) is 0 Å². The van der Waals surface area contributed by atoms with Crippen molar-refractivity contribution < 1.29 is 4.79 Å². The number of nitrogens with zero attached hydrogens (tertiary/aromatic N) is 1. The molecule has 0 atom stereocenters. The van der Waals surface area contributed by atoms with Gasteiger partial charge in [0.2, 0.25) is 0 Å². The van der Waals surface area contributed by atoms with E-state index in [1.165, 1.54) is 0 Å². The van der Waals surface area contributed by atoms with E-state index in [1.54, 1.807) is 0 Å². The molecule has 3 nitrogen and oxygen atoms in total. The molecule has 1 amide bonds. The standard InChI is InChI=1S/C12H17IN2O/c1-3-15(4-2)9-14-12(16)10-5-7-11(13)8-6-10/h5-8H,3-4,9H2,1-2H3,(H,14,16)/i13-4. The second-order valence-electron chi connectivity index (χ2n) is 3.47. The quantitative estimate of drug-likeness (QED) is 0.665. The molecule has 0 fully saturated rings. The van der Waals surface area contributed by atoms with E-state index < -0.39 is 0 Å². The smallest absolute Gasteiger partial charge is 0.252 e. The number of amides is 1. The predicted molar refractivity (Wildman–Crippen MR) is 74.4 cm³/mol. The zero-order chi connectivity index (χ0) is 12.0. The van der Waals surface area contributed by atoms with E-state index in [0.717, 1.165) is 16.7 Å². The van der Waals surface area contributed by atoms with Crippen LogP contribution in [0, 0.1) is 3.57 Å². The summed E-state index contributed by atoms with van der Waals surface area (Å²) in [5, 5.41) is 2.90. The second kappa shape index (κ2) is 6.85. The molecular weight excluding hydrogens is 311 g/mol. The minimum absolute atomic E-state index is 0.0108. The lowest BCUT2D eigenvalue weighted by Crippen LogP contribution is -2.37. The van der Waals surface area contributed by atoms with Crippen LogP contribution in [0.1, 0.15) is 24.2 Å². The van der Waals surface area contributed by atoms with Crippen LogP contribution in [0.25, 0.3) is 0 Å². The molecule has 0 aliphatic rings. The van der Waals surface area contributed by atoms with Gasteiger partial charge in [0.05, 0.1) is 6.67 Å². The highest BCUT2D eigenvalue weighted by Crippen LogP contribution is 2.06. The molecule has 88 valence electrons. The second-order valence-corrected chi connectivity index (χ2v) is 4.72. The van der Waals surface area contributed by atoms with Gasteiger partial charge in [-0.3, -0.25) is 9.69 Å². The van der Waals surface area contributed by atoms with Gasteiger partial charge in [-0.05, 0) is 59.9 Å². The van der Waals surface area contributed by atoms with Crippen LogP contribution >= 0.6 is 22.6 Å². The molecule has 1 aromatic rings. The SMILES string of the molecule is CCN(CC)CNC(=O)c1ccc([123I])cc1. The third-order valence-corrected chi connectivity index (χ3v) is 3.18. The summed E-state index contributed by atoms with van der Waals surface area (Å²) in [6.07, 6.45) is 0. The molecular formula is C12H17IN2O. The molecule has 0 spiro atoms. The zero-order valence-corrected chi connectivity index (χ0v) is 11.8. The third-order valence-electron chi connectivity index (χ3n) is 2.46. The number of rotatable bonds is 5. The molecule has 0 heterocycles. The first-order valence-electron chi connectivity index (χ1n) is 5.43. The summed E-state index contributed by atoms with van der Waals surface area (Å²) in [4.78, 5) is 13.9. The molecule has 0 saturated heterocycles. The summed E-state index contributed by atoms with van der Waals surface area (Å²) in [6, 6.07) is 7.57. The largest absolute Gasteiger partial charge is 0.339 e. The lowest BCUT2D eigenvalue weighted by atomic mass is 10.2. The molecule has 4 heteroatoms. The van der Waals surface area contributed by atoms with Gasteiger partial charge < -0.3 is 5.32 Å². The average molecular weight is 328 g/mol. The van der Waals surface area contributed by atoms with Gasteiger partial charge in [-0.2, -0.15) is 0 Å². The van der Waals surface area contributed by atoms with Crippen molar-refractivity contribution >= 4 is 28.5 Å². The lowest BCUT2D eigenvalue weighted by molar-refractivity contribution is 0.0926. The Morgan fingerprint density at radius 3 is 2.31 bits per heavy atom. The van der Waals surface area contributed by atoms with Gasteiger partial charge in [-0.1, -0.05) is 13.8 Å². The lowest BCUT2D eigenvalue weighted by Gasteiger charge is -2.18. The van der Waals surface area contributed by atoms with Gasteiger partial charge in [-0.15, -0.1) is 0 Å². The number of carbonyl (C=O) groups excluding carboxylic acids is 1. The average Bonchev–Trinajstić information content (AvgIpc) is 2.31.